The summed E-state index contributed by atoms with van der Waals surface area (Å²) in [7, 11) is 0. The van der Waals surface area contributed by atoms with Crippen LogP contribution in [-0.2, 0) is 0 Å². The molecule has 2 nitrogen and oxygen atoms in total. The first-order valence-corrected chi connectivity index (χ1v) is 9.67. The second kappa shape index (κ2) is 7.37. The second-order valence-electron chi connectivity index (χ2n) is 6.63. The third-order valence-electron chi connectivity index (χ3n) is 4.54. The average Bonchev–Trinajstić information content (AvgIpc) is 2.70. The minimum Gasteiger partial charge on any atom is -0.287 e. The van der Waals surface area contributed by atoms with Crippen molar-refractivity contribution in [1.82, 2.24) is 4.98 Å². The normalized spacial score (nSPS) is 10.9. The van der Waals surface area contributed by atoms with Gasteiger partial charge in [-0.1, -0.05) is 83.6 Å². The predicted octanol–water partition coefficient (Wildman–Crippen LogP) is 6.23. The van der Waals surface area contributed by atoms with Crippen LogP contribution >= 0.6 is 11.8 Å². The van der Waals surface area contributed by atoms with Crippen LogP contribution in [0.15, 0.2) is 88.8 Å². The number of rotatable bonds is 4. The fourth-order valence-corrected chi connectivity index (χ4v) is 3.92. The number of hydrogen-bond donors (Lipinski definition) is 0. The van der Waals surface area contributed by atoms with E-state index in [1.165, 1.54) is 5.56 Å². The molecule has 3 aromatic carbocycles. The fourth-order valence-electron chi connectivity index (χ4n) is 3.00. The Kier molecular flexibility index (Phi) is 4.78. The van der Waals surface area contributed by atoms with Crippen molar-refractivity contribution in [3.05, 3.63) is 101 Å². The van der Waals surface area contributed by atoms with Crippen LogP contribution in [0.1, 0.15) is 27.2 Å². The van der Waals surface area contributed by atoms with Gasteiger partial charge in [0.05, 0.1) is 0 Å². The summed E-state index contributed by atoms with van der Waals surface area (Å²) in [5, 5.41) is 1.94. The number of aromatic nitrogens is 1. The molecule has 0 bridgehead atoms. The average molecular weight is 369 g/mol. The molecule has 0 aliphatic rings. The molecule has 0 saturated heterocycles. The summed E-state index contributed by atoms with van der Waals surface area (Å²) in [6.07, 6.45) is 1.81. The van der Waals surface area contributed by atoms with E-state index in [9.17, 15) is 4.79 Å². The van der Waals surface area contributed by atoms with Gasteiger partial charge in [0.15, 0.2) is 0 Å². The molecule has 4 aromatic rings. The van der Waals surface area contributed by atoms with Gasteiger partial charge in [0.1, 0.15) is 5.69 Å². The first kappa shape index (κ1) is 17.5. The monoisotopic (exact) mass is 369 g/mol. The van der Waals surface area contributed by atoms with Crippen molar-refractivity contribution in [3.63, 3.8) is 0 Å². The SMILES string of the molecule is Cc1ccc(Sc2cnc(C(=O)c3ccc(C)cc3)c3ccccc23)cc1. The highest BCUT2D eigenvalue weighted by Crippen LogP contribution is 2.34. The van der Waals surface area contributed by atoms with Crippen LogP contribution in [0.25, 0.3) is 10.8 Å². The highest BCUT2D eigenvalue weighted by Gasteiger charge is 2.16. The van der Waals surface area contributed by atoms with E-state index < -0.39 is 0 Å². The van der Waals surface area contributed by atoms with Crippen LogP contribution < -0.4 is 0 Å². The number of carbonyl (C=O) groups excluding carboxylic acids is 1. The van der Waals surface area contributed by atoms with Crippen molar-refractivity contribution in [3.8, 4) is 0 Å². The molecule has 1 aromatic heterocycles. The molecule has 0 aliphatic carbocycles. The Morgan fingerprint density at radius 1 is 0.778 bits per heavy atom. The molecular formula is C24H19NOS. The van der Waals surface area contributed by atoms with Gasteiger partial charge in [-0.2, -0.15) is 0 Å². The number of nitrogens with zero attached hydrogens (tertiary/aromatic N) is 1. The topological polar surface area (TPSA) is 30.0 Å². The van der Waals surface area contributed by atoms with E-state index in [2.05, 4.69) is 42.2 Å². The number of pyridine rings is 1. The van der Waals surface area contributed by atoms with Gasteiger partial charge in [0.25, 0.3) is 0 Å². The van der Waals surface area contributed by atoms with Crippen LogP contribution in [0.4, 0.5) is 0 Å². The summed E-state index contributed by atoms with van der Waals surface area (Å²) >= 11 is 1.67. The summed E-state index contributed by atoms with van der Waals surface area (Å²) in [4.78, 5) is 19.8. The van der Waals surface area contributed by atoms with Gasteiger partial charge in [0.2, 0.25) is 5.78 Å². The van der Waals surface area contributed by atoms with Gasteiger partial charge in [-0.3, -0.25) is 9.78 Å². The van der Waals surface area contributed by atoms with Gasteiger partial charge in [-0.15, -0.1) is 0 Å². The summed E-state index contributed by atoms with van der Waals surface area (Å²) in [5.41, 5.74) is 3.54. The number of ketones is 1. The summed E-state index contributed by atoms with van der Waals surface area (Å²) in [6, 6.07) is 24.1. The van der Waals surface area contributed by atoms with Gasteiger partial charge in [0, 0.05) is 26.9 Å². The van der Waals surface area contributed by atoms with E-state index in [1.54, 1.807) is 11.8 Å². The third-order valence-corrected chi connectivity index (χ3v) is 5.59. The Labute approximate surface area is 163 Å². The number of benzene rings is 3. The Balaban J connectivity index is 1.77. The zero-order valence-corrected chi connectivity index (χ0v) is 16.1. The maximum Gasteiger partial charge on any atom is 0.211 e. The molecule has 0 radical (unpaired) electrons. The fraction of sp³-hybridized carbons (Fsp3) is 0.0833. The van der Waals surface area contributed by atoms with E-state index in [0.29, 0.717) is 11.3 Å². The Morgan fingerprint density at radius 2 is 1.37 bits per heavy atom. The van der Waals surface area contributed by atoms with Gasteiger partial charge in [-0.05, 0) is 31.4 Å². The first-order valence-electron chi connectivity index (χ1n) is 8.85. The molecule has 27 heavy (non-hydrogen) atoms. The minimum absolute atomic E-state index is 0.0434. The zero-order valence-electron chi connectivity index (χ0n) is 15.3. The third kappa shape index (κ3) is 3.64. The Morgan fingerprint density at radius 3 is 2.04 bits per heavy atom. The van der Waals surface area contributed by atoms with Crippen molar-refractivity contribution in [2.24, 2.45) is 0 Å². The lowest BCUT2D eigenvalue weighted by Gasteiger charge is -2.10. The molecule has 4 rings (SSSR count). The molecule has 0 aliphatic heterocycles. The Bertz CT molecular complexity index is 1120. The maximum atomic E-state index is 13.0. The van der Waals surface area contributed by atoms with Crippen LogP contribution in [0.5, 0.6) is 0 Å². The number of fused-ring (bicyclic) bond motifs is 1. The van der Waals surface area contributed by atoms with E-state index in [0.717, 1.165) is 26.1 Å². The number of hydrogen-bond acceptors (Lipinski definition) is 3. The second-order valence-corrected chi connectivity index (χ2v) is 7.74. The van der Waals surface area contributed by atoms with Gasteiger partial charge < -0.3 is 0 Å². The first-order chi connectivity index (χ1) is 13.1. The van der Waals surface area contributed by atoms with E-state index in [1.807, 2.05) is 55.6 Å². The van der Waals surface area contributed by atoms with Crippen LogP contribution in [0, 0.1) is 13.8 Å². The maximum absolute atomic E-state index is 13.0. The molecule has 0 N–H and O–H groups in total. The highest BCUT2D eigenvalue weighted by molar-refractivity contribution is 7.99. The Hall–Kier alpha value is -2.91. The smallest absolute Gasteiger partial charge is 0.211 e. The number of aryl methyl sites for hydroxylation is 2. The lowest BCUT2D eigenvalue weighted by molar-refractivity contribution is 0.103. The van der Waals surface area contributed by atoms with Crippen molar-refractivity contribution in [2.45, 2.75) is 23.6 Å². The highest BCUT2D eigenvalue weighted by atomic mass is 32.2. The van der Waals surface area contributed by atoms with E-state index in [-0.39, 0.29) is 5.78 Å². The molecule has 0 unspecified atom stereocenters. The van der Waals surface area contributed by atoms with Crippen LogP contribution in [0.3, 0.4) is 0 Å². The summed E-state index contributed by atoms with van der Waals surface area (Å²) in [5.74, 6) is -0.0434. The van der Waals surface area contributed by atoms with Gasteiger partial charge in [-0.25, -0.2) is 0 Å². The van der Waals surface area contributed by atoms with Crippen molar-refractivity contribution in [2.75, 3.05) is 0 Å². The zero-order chi connectivity index (χ0) is 18.8. The molecule has 0 amide bonds. The van der Waals surface area contributed by atoms with Crippen molar-refractivity contribution in [1.29, 1.82) is 0 Å². The standard InChI is InChI=1S/C24H19NOS/c1-16-7-11-18(12-8-16)24(26)23-21-6-4-3-5-20(21)22(15-25-23)27-19-13-9-17(2)10-14-19/h3-15H,1-2H3. The predicted molar refractivity (Wildman–Crippen MR) is 112 cm³/mol. The molecule has 1 heterocycles. The number of carbonyl (C=O) groups is 1. The molecule has 132 valence electrons. The molecule has 0 fully saturated rings. The lowest BCUT2D eigenvalue weighted by Crippen LogP contribution is -2.05. The van der Waals surface area contributed by atoms with Crippen molar-refractivity contribution < 1.29 is 4.79 Å². The lowest BCUT2D eigenvalue weighted by atomic mass is 10.0. The quantitative estimate of drug-likeness (QED) is 0.399. The van der Waals surface area contributed by atoms with Crippen LogP contribution in [-0.4, -0.2) is 10.8 Å². The summed E-state index contributed by atoms with van der Waals surface area (Å²) in [6.45, 7) is 4.09. The molecular weight excluding hydrogens is 350 g/mol. The molecule has 0 saturated carbocycles. The molecule has 0 spiro atoms. The minimum atomic E-state index is -0.0434. The van der Waals surface area contributed by atoms with Crippen LogP contribution in [0.2, 0.25) is 0 Å². The van der Waals surface area contributed by atoms with Crippen molar-refractivity contribution >= 4 is 28.3 Å². The van der Waals surface area contributed by atoms with E-state index in [4.69, 9.17) is 0 Å². The molecule has 3 heteroatoms. The molecule has 0 atom stereocenters. The summed E-state index contributed by atoms with van der Waals surface area (Å²) < 4.78 is 0. The van der Waals surface area contributed by atoms with E-state index >= 15 is 0 Å². The largest absolute Gasteiger partial charge is 0.287 e. The van der Waals surface area contributed by atoms with Gasteiger partial charge >= 0.3 is 0 Å².